The smallest absolute Gasteiger partial charge is 0.258 e. The summed E-state index contributed by atoms with van der Waals surface area (Å²) in [6.07, 6.45) is 2.51. The van der Waals surface area contributed by atoms with Crippen LogP contribution in [-0.4, -0.2) is 25.6 Å². The zero-order valence-corrected chi connectivity index (χ0v) is 17.5. The van der Waals surface area contributed by atoms with Gasteiger partial charge in [-0.15, -0.1) is 0 Å². The molecule has 1 fully saturated rings. The molecule has 1 saturated heterocycles. The molecule has 0 aliphatic carbocycles. The molecule has 1 amide bonds. The van der Waals surface area contributed by atoms with Crippen molar-refractivity contribution >= 4 is 27.5 Å². The molecule has 0 radical (unpaired) electrons. The van der Waals surface area contributed by atoms with Crippen LogP contribution in [-0.2, 0) is 4.79 Å². The number of amides is 1. The molecule has 144 valence electrons. The normalized spacial score (nSPS) is 16.0. The standard InChI is InChI=1S/C22H27BrN2O2/c1-16-11-13-25(14-12-16)20-7-3-18(4-8-20)17(2)24-22(26)15-27-21-9-5-19(23)6-10-21/h3-10,16-17H,11-15H2,1-2H3,(H,24,26). The number of hydrogen-bond donors (Lipinski definition) is 1. The molecule has 0 aromatic heterocycles. The molecule has 3 rings (SSSR count). The van der Waals surface area contributed by atoms with Gasteiger partial charge in [-0.3, -0.25) is 4.79 Å². The van der Waals surface area contributed by atoms with E-state index in [0.717, 1.165) is 29.0 Å². The average Bonchev–Trinajstić information content (AvgIpc) is 2.68. The van der Waals surface area contributed by atoms with Crippen LogP contribution in [0.2, 0.25) is 0 Å². The third kappa shape index (κ3) is 5.73. The quantitative estimate of drug-likeness (QED) is 0.705. The maximum atomic E-state index is 12.2. The van der Waals surface area contributed by atoms with Crippen molar-refractivity contribution in [2.45, 2.75) is 32.7 Å². The van der Waals surface area contributed by atoms with Crippen molar-refractivity contribution in [2.24, 2.45) is 5.92 Å². The number of halogens is 1. The lowest BCUT2D eigenvalue weighted by molar-refractivity contribution is -0.123. The Hall–Kier alpha value is -2.01. The van der Waals surface area contributed by atoms with Gasteiger partial charge in [0, 0.05) is 23.2 Å². The molecule has 0 spiro atoms. The Balaban J connectivity index is 1.49. The number of hydrogen-bond acceptors (Lipinski definition) is 3. The summed E-state index contributed by atoms with van der Waals surface area (Å²) in [7, 11) is 0. The number of rotatable bonds is 6. The summed E-state index contributed by atoms with van der Waals surface area (Å²) in [6.45, 7) is 6.58. The maximum absolute atomic E-state index is 12.2. The van der Waals surface area contributed by atoms with Crippen molar-refractivity contribution in [3.05, 3.63) is 58.6 Å². The molecular weight excluding hydrogens is 404 g/mol. The van der Waals surface area contributed by atoms with E-state index in [1.54, 1.807) is 0 Å². The summed E-state index contributed by atoms with van der Waals surface area (Å²) in [5.74, 6) is 1.39. The Morgan fingerprint density at radius 3 is 2.41 bits per heavy atom. The van der Waals surface area contributed by atoms with E-state index in [9.17, 15) is 4.79 Å². The molecule has 2 aromatic carbocycles. The van der Waals surface area contributed by atoms with E-state index in [1.165, 1.54) is 18.5 Å². The molecule has 4 nitrogen and oxygen atoms in total. The fourth-order valence-electron chi connectivity index (χ4n) is 3.29. The SMILES string of the molecule is CC1CCN(c2ccc(C(C)NC(=O)COc3ccc(Br)cc3)cc2)CC1. The second kappa shape index (κ2) is 9.27. The van der Waals surface area contributed by atoms with Crippen LogP contribution in [0.5, 0.6) is 5.75 Å². The highest BCUT2D eigenvalue weighted by Crippen LogP contribution is 2.24. The van der Waals surface area contributed by atoms with E-state index in [0.29, 0.717) is 5.75 Å². The number of carbonyl (C=O) groups excluding carboxylic acids is 1. The summed E-state index contributed by atoms with van der Waals surface area (Å²) in [6, 6.07) is 15.9. The van der Waals surface area contributed by atoms with Gasteiger partial charge >= 0.3 is 0 Å². The Bertz CT molecular complexity index is 738. The number of nitrogens with one attached hydrogen (secondary N) is 1. The lowest BCUT2D eigenvalue weighted by Crippen LogP contribution is -2.33. The first-order valence-corrected chi connectivity index (χ1v) is 10.3. The molecule has 1 aliphatic rings. The van der Waals surface area contributed by atoms with Gasteiger partial charge in [-0.2, -0.15) is 0 Å². The Morgan fingerprint density at radius 2 is 1.78 bits per heavy atom. The average molecular weight is 431 g/mol. The summed E-state index contributed by atoms with van der Waals surface area (Å²) >= 11 is 3.38. The fourth-order valence-corrected chi connectivity index (χ4v) is 3.55. The number of piperidine rings is 1. The molecule has 27 heavy (non-hydrogen) atoms. The predicted octanol–water partition coefficient (Wildman–Crippen LogP) is 4.94. The third-order valence-electron chi connectivity index (χ3n) is 5.10. The second-order valence-corrected chi connectivity index (χ2v) is 8.21. The molecular formula is C22H27BrN2O2. The number of anilines is 1. The van der Waals surface area contributed by atoms with Gasteiger partial charge in [-0.05, 0) is 67.6 Å². The molecule has 2 aromatic rings. The van der Waals surface area contributed by atoms with Gasteiger partial charge in [-0.1, -0.05) is 35.0 Å². The van der Waals surface area contributed by atoms with Crippen LogP contribution in [0.25, 0.3) is 0 Å². The number of ether oxygens (including phenoxy) is 1. The van der Waals surface area contributed by atoms with E-state index < -0.39 is 0 Å². The molecule has 1 unspecified atom stereocenters. The molecule has 1 aliphatic heterocycles. The third-order valence-corrected chi connectivity index (χ3v) is 5.63. The summed E-state index contributed by atoms with van der Waals surface area (Å²) < 4.78 is 6.51. The highest BCUT2D eigenvalue weighted by atomic mass is 79.9. The van der Waals surface area contributed by atoms with Crippen molar-refractivity contribution in [1.29, 1.82) is 0 Å². The Kier molecular flexibility index (Phi) is 6.78. The molecule has 1 atom stereocenters. The lowest BCUT2D eigenvalue weighted by atomic mass is 9.98. The van der Waals surface area contributed by atoms with Gasteiger partial charge in [-0.25, -0.2) is 0 Å². The largest absolute Gasteiger partial charge is 0.484 e. The minimum absolute atomic E-state index is 0.00994. The van der Waals surface area contributed by atoms with E-state index in [2.05, 4.69) is 57.3 Å². The summed E-state index contributed by atoms with van der Waals surface area (Å²) in [4.78, 5) is 14.6. The predicted molar refractivity (Wildman–Crippen MR) is 113 cm³/mol. The highest BCUT2D eigenvalue weighted by molar-refractivity contribution is 9.10. The number of nitrogens with zero attached hydrogens (tertiary/aromatic N) is 1. The fraction of sp³-hybridized carbons (Fsp3) is 0.409. The van der Waals surface area contributed by atoms with E-state index >= 15 is 0 Å². The number of carbonyl (C=O) groups is 1. The van der Waals surface area contributed by atoms with Gasteiger partial charge in [0.2, 0.25) is 0 Å². The molecule has 5 heteroatoms. The van der Waals surface area contributed by atoms with Gasteiger partial charge < -0.3 is 15.0 Å². The minimum Gasteiger partial charge on any atom is -0.484 e. The van der Waals surface area contributed by atoms with E-state index in [-0.39, 0.29) is 18.6 Å². The van der Waals surface area contributed by atoms with Gasteiger partial charge in [0.25, 0.3) is 5.91 Å². The van der Waals surface area contributed by atoms with Crippen LogP contribution in [0.4, 0.5) is 5.69 Å². The van der Waals surface area contributed by atoms with E-state index in [4.69, 9.17) is 4.74 Å². The second-order valence-electron chi connectivity index (χ2n) is 7.29. The monoisotopic (exact) mass is 430 g/mol. The Labute approximate surface area is 170 Å². The van der Waals surface area contributed by atoms with Gasteiger partial charge in [0.1, 0.15) is 5.75 Å². The van der Waals surface area contributed by atoms with Crippen LogP contribution >= 0.6 is 15.9 Å². The van der Waals surface area contributed by atoms with Crippen molar-refractivity contribution in [2.75, 3.05) is 24.6 Å². The first kappa shape index (κ1) is 19.7. The lowest BCUT2D eigenvalue weighted by Gasteiger charge is -2.32. The zero-order chi connectivity index (χ0) is 19.2. The molecule has 0 saturated carbocycles. The maximum Gasteiger partial charge on any atom is 0.258 e. The van der Waals surface area contributed by atoms with Crippen molar-refractivity contribution in [1.82, 2.24) is 5.32 Å². The topological polar surface area (TPSA) is 41.6 Å². The highest BCUT2D eigenvalue weighted by Gasteiger charge is 2.16. The van der Waals surface area contributed by atoms with Crippen LogP contribution in [0.15, 0.2) is 53.0 Å². The van der Waals surface area contributed by atoms with Crippen molar-refractivity contribution in [3.63, 3.8) is 0 Å². The zero-order valence-electron chi connectivity index (χ0n) is 16.0. The van der Waals surface area contributed by atoms with Gasteiger partial charge in [0.15, 0.2) is 6.61 Å². The van der Waals surface area contributed by atoms with Crippen molar-refractivity contribution in [3.8, 4) is 5.75 Å². The first-order chi connectivity index (χ1) is 13.0. The van der Waals surface area contributed by atoms with Crippen LogP contribution in [0.3, 0.4) is 0 Å². The summed E-state index contributed by atoms with van der Waals surface area (Å²) in [5.41, 5.74) is 2.36. The van der Waals surface area contributed by atoms with Crippen LogP contribution in [0, 0.1) is 5.92 Å². The van der Waals surface area contributed by atoms with Crippen LogP contribution in [0.1, 0.15) is 38.3 Å². The van der Waals surface area contributed by atoms with Crippen LogP contribution < -0.4 is 15.0 Å². The minimum atomic E-state index is -0.125. The van der Waals surface area contributed by atoms with Gasteiger partial charge in [0.05, 0.1) is 6.04 Å². The molecule has 1 heterocycles. The van der Waals surface area contributed by atoms with Crippen molar-refractivity contribution < 1.29 is 9.53 Å². The first-order valence-electron chi connectivity index (χ1n) is 9.54. The Morgan fingerprint density at radius 1 is 1.15 bits per heavy atom. The molecule has 0 bridgehead atoms. The summed E-state index contributed by atoms with van der Waals surface area (Å²) in [5, 5.41) is 3.00. The number of benzene rings is 2. The molecule has 1 N–H and O–H groups in total. The van der Waals surface area contributed by atoms with E-state index in [1.807, 2.05) is 31.2 Å².